The van der Waals surface area contributed by atoms with E-state index in [0.717, 1.165) is 32.1 Å². The van der Waals surface area contributed by atoms with Crippen LogP contribution in [0.2, 0.25) is 0 Å². The van der Waals surface area contributed by atoms with Crippen LogP contribution in [0.4, 0.5) is 0 Å². The average molecular weight is 369 g/mol. The summed E-state index contributed by atoms with van der Waals surface area (Å²) in [5, 5.41) is 0.956. The molecule has 0 fully saturated rings. The van der Waals surface area contributed by atoms with Crippen molar-refractivity contribution in [3.63, 3.8) is 0 Å². The van der Waals surface area contributed by atoms with Crippen LogP contribution in [0, 0.1) is 13.8 Å². The van der Waals surface area contributed by atoms with Gasteiger partial charge < -0.3 is 9.64 Å². The molecule has 0 spiro atoms. The van der Waals surface area contributed by atoms with Crippen molar-refractivity contribution < 1.29 is 9.53 Å². The number of carbonyl (C=O) groups is 1. The second-order valence-electron chi connectivity index (χ2n) is 6.57. The third-order valence-corrected chi connectivity index (χ3v) is 5.77. The number of thiazole rings is 1. The lowest BCUT2D eigenvalue weighted by molar-refractivity contribution is -0.132. The lowest BCUT2D eigenvalue weighted by Crippen LogP contribution is -2.30. The van der Waals surface area contributed by atoms with Gasteiger partial charge in [0.25, 0.3) is 0 Å². The number of ether oxygens (including phenoxy) is 1. The van der Waals surface area contributed by atoms with Crippen molar-refractivity contribution in [3.05, 3.63) is 58.6 Å². The largest absolute Gasteiger partial charge is 0.493 e. The van der Waals surface area contributed by atoms with Crippen molar-refractivity contribution in [1.29, 1.82) is 0 Å². The molecule has 0 aliphatic heterocycles. The molecule has 1 atom stereocenters. The van der Waals surface area contributed by atoms with Crippen LogP contribution in [0.25, 0.3) is 10.2 Å². The molecule has 3 aromatic rings. The van der Waals surface area contributed by atoms with E-state index in [1.165, 1.54) is 0 Å². The van der Waals surface area contributed by atoms with Crippen molar-refractivity contribution in [2.75, 3.05) is 13.7 Å². The highest BCUT2D eigenvalue weighted by Gasteiger charge is 2.20. The van der Waals surface area contributed by atoms with E-state index in [9.17, 15) is 4.79 Å². The summed E-state index contributed by atoms with van der Waals surface area (Å²) in [5.41, 5.74) is 3.22. The monoisotopic (exact) mass is 368 g/mol. The smallest absolute Gasteiger partial charge is 0.226 e. The van der Waals surface area contributed by atoms with Crippen molar-refractivity contribution in [3.8, 4) is 5.75 Å². The number of benzene rings is 2. The Morgan fingerprint density at radius 1 is 1.23 bits per heavy atom. The minimum absolute atomic E-state index is 0.0550. The van der Waals surface area contributed by atoms with Gasteiger partial charge in [0.15, 0.2) is 0 Å². The topological polar surface area (TPSA) is 42.4 Å². The van der Waals surface area contributed by atoms with E-state index in [1.807, 2.05) is 58.2 Å². The fourth-order valence-corrected chi connectivity index (χ4v) is 3.80. The summed E-state index contributed by atoms with van der Waals surface area (Å²) in [6.07, 6.45) is 0.346. The number of aryl methyl sites for hydroxylation is 2. The lowest BCUT2D eigenvalue weighted by Gasteiger charge is -2.23. The molecule has 5 heteroatoms. The van der Waals surface area contributed by atoms with E-state index in [2.05, 4.69) is 17.1 Å². The Hall–Kier alpha value is -2.40. The second kappa shape index (κ2) is 7.87. The van der Waals surface area contributed by atoms with E-state index in [-0.39, 0.29) is 11.9 Å². The summed E-state index contributed by atoms with van der Waals surface area (Å²) in [7, 11) is 1.83. The Bertz CT molecular complexity index is 886. The third-order valence-electron chi connectivity index (χ3n) is 4.56. The summed E-state index contributed by atoms with van der Waals surface area (Å²) in [4.78, 5) is 19.0. The molecule has 0 saturated carbocycles. The molecule has 0 unspecified atom stereocenters. The van der Waals surface area contributed by atoms with Crippen molar-refractivity contribution in [2.45, 2.75) is 33.2 Å². The van der Waals surface area contributed by atoms with Crippen LogP contribution < -0.4 is 4.74 Å². The molecule has 4 nitrogen and oxygen atoms in total. The first-order valence-electron chi connectivity index (χ1n) is 8.77. The molecule has 0 bridgehead atoms. The third kappa shape index (κ3) is 4.05. The molecule has 26 heavy (non-hydrogen) atoms. The summed E-state index contributed by atoms with van der Waals surface area (Å²) in [6, 6.07) is 14.1. The molecular formula is C21H24N2O2S. The quantitative estimate of drug-likeness (QED) is 0.621. The Kier molecular flexibility index (Phi) is 5.57. The van der Waals surface area contributed by atoms with Crippen LogP contribution in [0.15, 0.2) is 42.5 Å². The number of rotatable bonds is 6. The number of nitrogens with zero attached hydrogens (tertiary/aromatic N) is 2. The highest BCUT2D eigenvalue weighted by atomic mass is 32.1. The zero-order valence-electron chi connectivity index (χ0n) is 15.7. The highest BCUT2D eigenvalue weighted by Crippen LogP contribution is 2.29. The zero-order chi connectivity index (χ0) is 18.7. The number of aromatic nitrogens is 1. The van der Waals surface area contributed by atoms with Gasteiger partial charge in [-0.2, -0.15) is 0 Å². The maximum absolute atomic E-state index is 12.5. The summed E-state index contributed by atoms with van der Waals surface area (Å²) in [6.45, 7) is 6.43. The van der Waals surface area contributed by atoms with Crippen LogP contribution in [-0.2, 0) is 4.79 Å². The van der Waals surface area contributed by atoms with Crippen molar-refractivity contribution in [2.24, 2.45) is 0 Å². The number of fused-ring (bicyclic) bond motifs is 1. The molecule has 1 aromatic heterocycles. The first-order chi connectivity index (χ1) is 12.5. The Morgan fingerprint density at radius 2 is 2.00 bits per heavy atom. The van der Waals surface area contributed by atoms with Crippen molar-refractivity contribution >= 4 is 27.5 Å². The maximum atomic E-state index is 12.5. The molecule has 1 amide bonds. The average Bonchev–Trinajstić information content (AvgIpc) is 3.07. The van der Waals surface area contributed by atoms with E-state index < -0.39 is 0 Å². The Morgan fingerprint density at radius 3 is 2.77 bits per heavy atom. The van der Waals surface area contributed by atoms with Gasteiger partial charge in [0, 0.05) is 7.05 Å². The minimum Gasteiger partial charge on any atom is -0.493 e. The Labute approximate surface area is 158 Å². The molecule has 1 heterocycles. The van der Waals surface area contributed by atoms with Crippen LogP contribution >= 0.6 is 11.3 Å². The van der Waals surface area contributed by atoms with Crippen molar-refractivity contribution in [1.82, 2.24) is 9.88 Å². The van der Waals surface area contributed by atoms with Crippen LogP contribution in [0.1, 0.15) is 35.5 Å². The first kappa shape index (κ1) is 18.4. The summed E-state index contributed by atoms with van der Waals surface area (Å²) >= 11 is 1.64. The molecule has 0 N–H and O–H groups in total. The Balaban J connectivity index is 1.59. The highest BCUT2D eigenvalue weighted by molar-refractivity contribution is 7.18. The first-order valence-corrected chi connectivity index (χ1v) is 9.58. The van der Waals surface area contributed by atoms with Gasteiger partial charge in [-0.05, 0) is 50.1 Å². The molecular weight excluding hydrogens is 344 g/mol. The van der Waals surface area contributed by atoms with Gasteiger partial charge in [-0.15, -0.1) is 11.3 Å². The fourth-order valence-electron chi connectivity index (χ4n) is 2.74. The van der Waals surface area contributed by atoms with Crippen LogP contribution in [0.5, 0.6) is 5.75 Å². The van der Waals surface area contributed by atoms with Gasteiger partial charge in [0.2, 0.25) is 5.91 Å². The molecule has 0 aliphatic rings. The number of para-hydroxylation sites is 1. The van der Waals surface area contributed by atoms with Crippen LogP contribution in [0.3, 0.4) is 0 Å². The van der Waals surface area contributed by atoms with E-state index in [1.54, 1.807) is 16.2 Å². The molecule has 0 saturated heterocycles. The molecule has 3 rings (SSSR count). The predicted molar refractivity (Wildman–Crippen MR) is 107 cm³/mol. The standard InChI is InChI=1S/C21H24N2O2S/c1-14-9-10-15(2)18(13-14)25-12-11-20(24)23(4)16(3)21-22-17-7-5-6-8-19(17)26-21/h5-10,13,16H,11-12H2,1-4H3/t16-/m1/s1. The second-order valence-corrected chi connectivity index (χ2v) is 7.63. The van der Waals surface area contributed by atoms with Gasteiger partial charge >= 0.3 is 0 Å². The fraction of sp³-hybridized carbons (Fsp3) is 0.333. The number of carbonyl (C=O) groups excluding carboxylic acids is 1. The minimum atomic E-state index is -0.0550. The lowest BCUT2D eigenvalue weighted by atomic mass is 10.1. The molecule has 136 valence electrons. The van der Waals surface area contributed by atoms with Crippen LogP contribution in [-0.4, -0.2) is 29.4 Å². The summed E-state index contributed by atoms with van der Waals surface area (Å²) in [5.74, 6) is 0.904. The number of amides is 1. The molecule has 0 radical (unpaired) electrons. The summed E-state index contributed by atoms with van der Waals surface area (Å²) < 4.78 is 6.96. The predicted octanol–water partition coefficient (Wildman–Crippen LogP) is 4.90. The van der Waals surface area contributed by atoms with Gasteiger partial charge in [-0.3, -0.25) is 4.79 Å². The molecule has 0 aliphatic carbocycles. The van der Waals surface area contributed by atoms with Gasteiger partial charge in [0.1, 0.15) is 10.8 Å². The molecule has 2 aromatic carbocycles. The SMILES string of the molecule is Cc1ccc(C)c(OCCC(=O)N(C)[C@H](C)c2nc3ccccc3s2)c1. The number of hydrogen-bond donors (Lipinski definition) is 0. The van der Waals surface area contributed by atoms with Gasteiger partial charge in [-0.25, -0.2) is 4.98 Å². The number of hydrogen-bond acceptors (Lipinski definition) is 4. The van der Waals surface area contributed by atoms with E-state index >= 15 is 0 Å². The van der Waals surface area contributed by atoms with Gasteiger partial charge in [-0.1, -0.05) is 24.3 Å². The van der Waals surface area contributed by atoms with Gasteiger partial charge in [0.05, 0.1) is 29.3 Å². The zero-order valence-corrected chi connectivity index (χ0v) is 16.5. The normalized spacial score (nSPS) is 12.2. The van der Waals surface area contributed by atoms with E-state index in [4.69, 9.17) is 4.74 Å². The van der Waals surface area contributed by atoms with E-state index in [0.29, 0.717) is 13.0 Å². The maximum Gasteiger partial charge on any atom is 0.226 e.